The van der Waals surface area contributed by atoms with Crippen LogP contribution in [0.15, 0.2) is 66.7 Å². The molecule has 3 aromatic carbocycles. The lowest BCUT2D eigenvalue weighted by atomic mass is 10.0. The second kappa shape index (κ2) is 15.4. The maximum Gasteiger partial charge on any atom is 0.396 e. The summed E-state index contributed by atoms with van der Waals surface area (Å²) in [4.78, 5) is 102. The molecule has 16 heteroatoms. The van der Waals surface area contributed by atoms with Gasteiger partial charge >= 0.3 is 7.60 Å². The van der Waals surface area contributed by atoms with E-state index in [0.29, 0.717) is 28.9 Å². The summed E-state index contributed by atoms with van der Waals surface area (Å²) in [5, 5.41) is 8.70. The van der Waals surface area contributed by atoms with Crippen molar-refractivity contribution in [3.05, 3.63) is 100 Å². The number of anilines is 1. The van der Waals surface area contributed by atoms with Crippen LogP contribution in [0, 0.1) is 0 Å². The minimum absolute atomic E-state index is 0.0379. The summed E-state index contributed by atoms with van der Waals surface area (Å²) in [7, 11) is -5.02. The first-order valence-electron chi connectivity index (χ1n) is 17.5. The van der Waals surface area contributed by atoms with Crippen LogP contribution in [-0.4, -0.2) is 68.0 Å². The summed E-state index contributed by atoms with van der Waals surface area (Å²) in [6, 6.07) is 15.4. The molecule has 0 spiro atoms. The lowest BCUT2D eigenvalue weighted by Crippen LogP contribution is -2.57. The van der Waals surface area contributed by atoms with E-state index in [-0.39, 0.29) is 43.5 Å². The van der Waals surface area contributed by atoms with E-state index < -0.39 is 60.8 Å². The van der Waals surface area contributed by atoms with Crippen LogP contribution >= 0.6 is 7.60 Å². The Bertz CT molecular complexity index is 2210. The van der Waals surface area contributed by atoms with Gasteiger partial charge in [0, 0.05) is 35.9 Å². The van der Waals surface area contributed by atoms with Gasteiger partial charge in [0.2, 0.25) is 23.6 Å². The predicted molar refractivity (Wildman–Crippen MR) is 198 cm³/mol. The fraction of sp³-hybridized carbons (Fsp3) is 0.316. The highest BCUT2D eigenvalue weighted by molar-refractivity contribution is 7.70. The third-order valence-electron chi connectivity index (χ3n) is 9.82. The van der Waals surface area contributed by atoms with Gasteiger partial charge in [-0.15, -0.1) is 0 Å². The highest BCUT2D eigenvalue weighted by atomic mass is 31.2. The summed E-state index contributed by atoms with van der Waals surface area (Å²) in [5.74, 6) is -2.61. The van der Waals surface area contributed by atoms with Gasteiger partial charge in [-0.25, -0.2) is 0 Å². The number of hydrogen-bond donors (Lipinski definition) is 7. The minimum atomic E-state index is -5.02. The summed E-state index contributed by atoms with van der Waals surface area (Å²) in [5.41, 5.74) is 8.42. The molecule has 54 heavy (non-hydrogen) atoms. The first-order chi connectivity index (χ1) is 25.6. The predicted octanol–water partition coefficient (Wildman–Crippen LogP) is 2.68. The molecule has 0 saturated carbocycles. The molecule has 4 aromatic rings. The minimum Gasteiger partial charge on any atom is -0.370 e. The maximum absolute atomic E-state index is 14.3. The molecule has 0 radical (unpaired) electrons. The quantitative estimate of drug-likeness (QED) is 0.0991. The van der Waals surface area contributed by atoms with Gasteiger partial charge < -0.3 is 36.5 Å². The molecule has 5 amide bonds. The molecule has 1 aromatic heterocycles. The van der Waals surface area contributed by atoms with E-state index in [4.69, 9.17) is 5.73 Å². The van der Waals surface area contributed by atoms with Crippen molar-refractivity contribution >= 4 is 59.2 Å². The van der Waals surface area contributed by atoms with Crippen molar-refractivity contribution in [3.8, 4) is 0 Å². The summed E-state index contributed by atoms with van der Waals surface area (Å²) in [6.07, 6.45) is 0.561. The average Bonchev–Trinajstić information content (AvgIpc) is 3.72. The molecule has 2 aliphatic rings. The van der Waals surface area contributed by atoms with E-state index >= 15 is 0 Å². The summed E-state index contributed by atoms with van der Waals surface area (Å²) in [6.45, 7) is 4.35. The Hall–Kier alpha value is -5.63. The molecule has 0 fully saturated rings. The monoisotopic (exact) mass is 756 g/mol. The SMILES string of the molecule is CC(C)c1ccc(CNC(=O)[C@H](CCC(N)=O)NC(=O)[C@@H]2Cc3cccc4c3N2C(=O)[C@@H](NC(=O)c2cc3cc(C(=O)P(=O)(O)O)ccc3[nH]2)CC4)cc1. The van der Waals surface area contributed by atoms with Crippen LogP contribution < -0.4 is 26.6 Å². The van der Waals surface area contributed by atoms with Gasteiger partial charge in [0.1, 0.15) is 23.8 Å². The number of nitrogens with one attached hydrogen (secondary N) is 4. The molecule has 2 aliphatic heterocycles. The molecule has 8 N–H and O–H groups in total. The number of aryl methyl sites for hydroxylation is 1. The van der Waals surface area contributed by atoms with Crippen LogP contribution in [0.3, 0.4) is 0 Å². The van der Waals surface area contributed by atoms with E-state index in [2.05, 4.69) is 34.8 Å². The molecule has 15 nitrogen and oxygen atoms in total. The van der Waals surface area contributed by atoms with Crippen molar-refractivity contribution in [2.24, 2.45) is 5.73 Å². The molecular formula is C38H41N6O9P. The van der Waals surface area contributed by atoms with Gasteiger partial charge in [0.25, 0.3) is 11.4 Å². The zero-order valence-corrected chi connectivity index (χ0v) is 30.5. The second-order valence-electron chi connectivity index (χ2n) is 13.9. The van der Waals surface area contributed by atoms with E-state index in [9.17, 15) is 43.1 Å². The number of amides is 5. The van der Waals surface area contributed by atoms with E-state index in [0.717, 1.165) is 22.3 Å². The maximum atomic E-state index is 14.3. The van der Waals surface area contributed by atoms with Gasteiger partial charge in [-0.2, -0.15) is 0 Å². The highest BCUT2D eigenvalue weighted by Gasteiger charge is 2.44. The number of para-hydroxylation sites is 1. The third kappa shape index (κ3) is 8.13. The van der Waals surface area contributed by atoms with Crippen LogP contribution in [0.1, 0.15) is 82.1 Å². The normalized spacial score (nSPS) is 17.1. The van der Waals surface area contributed by atoms with Crippen molar-refractivity contribution in [3.63, 3.8) is 0 Å². The lowest BCUT2D eigenvalue weighted by Gasteiger charge is -2.29. The second-order valence-corrected chi connectivity index (χ2v) is 15.4. The van der Waals surface area contributed by atoms with Crippen LogP contribution in [0.4, 0.5) is 5.69 Å². The van der Waals surface area contributed by atoms with Crippen molar-refractivity contribution in [1.82, 2.24) is 20.9 Å². The Balaban J connectivity index is 1.19. The first-order valence-corrected chi connectivity index (χ1v) is 19.1. The Morgan fingerprint density at radius 1 is 1.00 bits per heavy atom. The number of carbonyl (C=O) groups excluding carboxylic acids is 6. The fourth-order valence-electron chi connectivity index (χ4n) is 6.92. The molecule has 0 saturated heterocycles. The molecule has 3 heterocycles. The van der Waals surface area contributed by atoms with Crippen LogP contribution in [0.25, 0.3) is 10.9 Å². The summed E-state index contributed by atoms with van der Waals surface area (Å²) >= 11 is 0. The van der Waals surface area contributed by atoms with Gasteiger partial charge in [0.15, 0.2) is 0 Å². The van der Waals surface area contributed by atoms with Crippen molar-refractivity contribution in [2.75, 3.05) is 4.90 Å². The number of carbonyl (C=O) groups is 6. The van der Waals surface area contributed by atoms with E-state index in [1.807, 2.05) is 42.5 Å². The number of H-pyrrole nitrogens is 1. The lowest BCUT2D eigenvalue weighted by molar-refractivity contribution is -0.131. The number of aromatic nitrogens is 1. The van der Waals surface area contributed by atoms with E-state index in [1.165, 1.54) is 29.2 Å². The molecule has 282 valence electrons. The molecule has 6 rings (SSSR count). The van der Waals surface area contributed by atoms with Gasteiger partial charge in [-0.05, 0) is 71.7 Å². The average molecular weight is 757 g/mol. The topological polar surface area (TPSA) is 241 Å². The Kier molecular flexibility index (Phi) is 10.9. The molecule has 0 unspecified atom stereocenters. The van der Waals surface area contributed by atoms with Crippen LogP contribution in [-0.2, 0) is 43.1 Å². The molecule has 0 aliphatic carbocycles. The Morgan fingerprint density at radius 2 is 1.72 bits per heavy atom. The zero-order valence-electron chi connectivity index (χ0n) is 29.6. The number of hydrogen-bond acceptors (Lipinski definition) is 7. The fourth-order valence-corrected chi connectivity index (χ4v) is 7.40. The number of nitrogens with zero attached hydrogens (tertiary/aromatic N) is 1. The number of fused-ring (bicyclic) bond motifs is 1. The number of benzene rings is 3. The van der Waals surface area contributed by atoms with Crippen molar-refractivity contribution in [1.29, 1.82) is 0 Å². The molecular weight excluding hydrogens is 715 g/mol. The molecule has 3 atom stereocenters. The van der Waals surface area contributed by atoms with Crippen LogP contribution in [0.5, 0.6) is 0 Å². The van der Waals surface area contributed by atoms with Gasteiger partial charge in [-0.3, -0.25) is 38.2 Å². The third-order valence-corrected chi connectivity index (χ3v) is 10.6. The number of primary amides is 1. The largest absolute Gasteiger partial charge is 0.396 e. The van der Waals surface area contributed by atoms with Crippen molar-refractivity contribution < 1.29 is 43.1 Å². The van der Waals surface area contributed by atoms with Gasteiger partial charge in [0.05, 0.1) is 5.69 Å². The van der Waals surface area contributed by atoms with Crippen LogP contribution in [0.2, 0.25) is 0 Å². The number of rotatable bonds is 13. The van der Waals surface area contributed by atoms with Gasteiger partial charge in [-0.1, -0.05) is 56.3 Å². The Labute approximate surface area is 310 Å². The Morgan fingerprint density at radius 3 is 2.41 bits per heavy atom. The summed E-state index contributed by atoms with van der Waals surface area (Å²) < 4.78 is 11.5. The van der Waals surface area contributed by atoms with E-state index in [1.54, 1.807) is 0 Å². The van der Waals surface area contributed by atoms with Crippen molar-refractivity contribution in [2.45, 2.75) is 76.5 Å². The smallest absolute Gasteiger partial charge is 0.370 e. The highest BCUT2D eigenvalue weighted by Crippen LogP contribution is 2.40. The zero-order chi connectivity index (χ0) is 38.9. The first kappa shape index (κ1) is 38.1. The number of aromatic amines is 1. The standard InChI is InChI=1S/C38H41N6O9P/c1-20(2)22-8-6-21(7-9-22)19-40-34(46)28(14-15-32(39)45)42-36(48)31-18-24-5-3-4-23-10-13-29(37(49)44(31)33(23)24)43-35(47)30-17-26-16-25(11-12-27(26)41-30)38(50)54(51,52)53/h3-9,11-12,16-17,20,28-29,31,41H,10,13-15,18-19H2,1-2H3,(H2,39,45)(H,40,46)(H,42,48)(H,43,47)(H2,51,52,53)/t28-,29-,31-/m0/s1. The number of nitrogens with two attached hydrogens (primary N) is 1. The molecule has 0 bridgehead atoms.